The van der Waals surface area contributed by atoms with Crippen molar-refractivity contribution in [3.63, 3.8) is 0 Å². The van der Waals surface area contributed by atoms with Gasteiger partial charge in [-0.05, 0) is 42.9 Å². The smallest absolute Gasteiger partial charge is 0.339 e. The summed E-state index contributed by atoms with van der Waals surface area (Å²) in [6, 6.07) is 12.9. The van der Waals surface area contributed by atoms with Gasteiger partial charge in [-0.2, -0.15) is 13.2 Å². The second-order valence-corrected chi connectivity index (χ2v) is 10.0. The Morgan fingerprint density at radius 2 is 1.91 bits per heavy atom. The number of hydrogen-bond donors (Lipinski definition) is 2. The maximum absolute atomic E-state index is 14.0. The third kappa shape index (κ3) is 4.33. The van der Waals surface area contributed by atoms with E-state index in [1.165, 1.54) is 0 Å². The predicted molar refractivity (Wildman–Crippen MR) is 123 cm³/mol. The average molecular weight is 473 g/mol. The fraction of sp³-hybridized carbons (Fsp3) is 0.538. The standard InChI is InChI=1S/C26H31F3N4O/c1-17-7-8-21-23(32-17)14-31-16-25(21)15-30-13-22(25)24(34)33-10-9-19(18-5-3-2-4-6-18)11-20(33)12-26(27,28)29/h2-8,19-20,22,30-31H,9-16H2,1H3/t19-,20+,22+,25-/m1/s1. The lowest BCUT2D eigenvalue weighted by atomic mass is 9.69. The van der Waals surface area contributed by atoms with Gasteiger partial charge in [-0.25, -0.2) is 0 Å². The third-order valence-electron chi connectivity index (χ3n) is 7.87. The van der Waals surface area contributed by atoms with E-state index in [4.69, 9.17) is 0 Å². The van der Waals surface area contributed by atoms with Crippen LogP contribution in [0, 0.1) is 12.8 Å². The lowest BCUT2D eigenvalue weighted by Crippen LogP contribution is -2.57. The Hall–Kier alpha value is -2.45. The number of pyridine rings is 1. The fourth-order valence-electron chi connectivity index (χ4n) is 6.28. The number of halogens is 3. The number of nitrogens with zero attached hydrogens (tertiary/aromatic N) is 2. The van der Waals surface area contributed by atoms with E-state index in [-0.39, 0.29) is 11.8 Å². The molecule has 2 aromatic rings. The van der Waals surface area contributed by atoms with E-state index in [9.17, 15) is 18.0 Å². The summed E-state index contributed by atoms with van der Waals surface area (Å²) in [4.78, 5) is 20.2. The molecule has 2 fully saturated rings. The van der Waals surface area contributed by atoms with Crippen molar-refractivity contribution < 1.29 is 18.0 Å². The minimum absolute atomic E-state index is 0.0255. The zero-order valence-electron chi connectivity index (χ0n) is 19.4. The van der Waals surface area contributed by atoms with Gasteiger partial charge in [0.25, 0.3) is 0 Å². The first-order chi connectivity index (χ1) is 16.3. The van der Waals surface area contributed by atoms with Gasteiger partial charge in [0.2, 0.25) is 5.91 Å². The molecule has 0 saturated carbocycles. The first-order valence-corrected chi connectivity index (χ1v) is 12.1. The summed E-state index contributed by atoms with van der Waals surface area (Å²) in [6.07, 6.45) is -4.29. The first-order valence-electron chi connectivity index (χ1n) is 12.1. The van der Waals surface area contributed by atoms with E-state index >= 15 is 0 Å². The van der Waals surface area contributed by atoms with Crippen molar-refractivity contribution in [2.24, 2.45) is 5.92 Å². The molecule has 4 heterocycles. The Morgan fingerprint density at radius 1 is 1.15 bits per heavy atom. The van der Waals surface area contributed by atoms with Gasteiger partial charge in [-0.15, -0.1) is 0 Å². The molecule has 2 N–H and O–H groups in total. The molecule has 3 aliphatic heterocycles. The van der Waals surface area contributed by atoms with Crippen molar-refractivity contribution in [3.05, 3.63) is 65.0 Å². The van der Waals surface area contributed by atoms with Gasteiger partial charge in [0.1, 0.15) is 0 Å². The van der Waals surface area contributed by atoms with Crippen LogP contribution in [0.3, 0.4) is 0 Å². The Labute approximate surface area is 198 Å². The number of hydrogen-bond acceptors (Lipinski definition) is 4. The van der Waals surface area contributed by atoms with Crippen LogP contribution in [0.5, 0.6) is 0 Å². The van der Waals surface area contributed by atoms with Gasteiger partial charge in [-0.1, -0.05) is 36.4 Å². The van der Waals surface area contributed by atoms with Gasteiger partial charge in [0.05, 0.1) is 18.0 Å². The van der Waals surface area contributed by atoms with Gasteiger partial charge >= 0.3 is 6.18 Å². The molecule has 34 heavy (non-hydrogen) atoms. The number of carbonyl (C=O) groups excluding carboxylic acids is 1. The molecule has 0 radical (unpaired) electrons. The summed E-state index contributed by atoms with van der Waals surface area (Å²) >= 11 is 0. The molecule has 0 bridgehead atoms. The maximum Gasteiger partial charge on any atom is 0.391 e. The number of aromatic nitrogens is 1. The van der Waals surface area contributed by atoms with Crippen molar-refractivity contribution in [2.45, 2.75) is 56.3 Å². The molecule has 3 aliphatic rings. The summed E-state index contributed by atoms with van der Waals surface area (Å²) in [5.41, 5.74) is 3.45. The molecule has 8 heteroatoms. The summed E-state index contributed by atoms with van der Waals surface area (Å²) < 4.78 is 40.8. The molecular weight excluding hydrogens is 441 g/mol. The summed E-state index contributed by atoms with van der Waals surface area (Å²) in [5, 5.41) is 6.78. The molecule has 1 amide bonds. The molecule has 0 unspecified atom stereocenters. The Morgan fingerprint density at radius 3 is 2.68 bits per heavy atom. The van der Waals surface area contributed by atoms with Crippen LogP contribution in [0.2, 0.25) is 0 Å². The van der Waals surface area contributed by atoms with E-state index in [0.29, 0.717) is 45.6 Å². The van der Waals surface area contributed by atoms with E-state index in [1.54, 1.807) is 4.90 Å². The first kappa shape index (κ1) is 23.3. The summed E-state index contributed by atoms with van der Waals surface area (Å²) in [5.74, 6) is -0.564. The zero-order valence-corrected chi connectivity index (χ0v) is 19.4. The van der Waals surface area contributed by atoms with Crippen LogP contribution >= 0.6 is 0 Å². The van der Waals surface area contributed by atoms with E-state index in [0.717, 1.165) is 22.5 Å². The van der Waals surface area contributed by atoms with Crippen LogP contribution in [0.1, 0.15) is 47.7 Å². The highest BCUT2D eigenvalue weighted by Crippen LogP contribution is 2.43. The molecule has 5 nitrogen and oxygen atoms in total. The van der Waals surface area contributed by atoms with Gasteiger partial charge in [0, 0.05) is 49.9 Å². The molecular formula is C26H31F3N4O. The number of alkyl halides is 3. The number of likely N-dealkylation sites (tertiary alicyclic amines) is 1. The van der Waals surface area contributed by atoms with Crippen molar-refractivity contribution in [1.82, 2.24) is 20.5 Å². The van der Waals surface area contributed by atoms with Crippen molar-refractivity contribution in [1.29, 1.82) is 0 Å². The Balaban J connectivity index is 1.44. The summed E-state index contributed by atoms with van der Waals surface area (Å²) in [6.45, 7) is 4.61. The highest BCUT2D eigenvalue weighted by atomic mass is 19.4. The van der Waals surface area contributed by atoms with Gasteiger partial charge in [0.15, 0.2) is 0 Å². The molecule has 1 aromatic carbocycles. The zero-order chi connectivity index (χ0) is 23.9. The largest absolute Gasteiger partial charge is 0.391 e. The number of rotatable bonds is 3. The van der Waals surface area contributed by atoms with E-state index in [2.05, 4.69) is 21.7 Å². The number of fused-ring (bicyclic) bond motifs is 2. The molecule has 1 aromatic heterocycles. The molecule has 5 rings (SSSR count). The number of benzene rings is 1. The number of amides is 1. The highest BCUT2D eigenvalue weighted by molar-refractivity contribution is 5.82. The van der Waals surface area contributed by atoms with E-state index in [1.807, 2.05) is 43.3 Å². The lowest BCUT2D eigenvalue weighted by molar-refractivity contribution is -0.160. The minimum atomic E-state index is -4.33. The van der Waals surface area contributed by atoms with Crippen LogP contribution in [0.25, 0.3) is 0 Å². The lowest BCUT2D eigenvalue weighted by Gasteiger charge is -2.45. The van der Waals surface area contributed by atoms with Crippen LogP contribution in [-0.4, -0.2) is 54.2 Å². The predicted octanol–water partition coefficient (Wildman–Crippen LogP) is 3.68. The van der Waals surface area contributed by atoms with Crippen molar-refractivity contribution in [2.75, 3.05) is 26.2 Å². The normalized spacial score (nSPS) is 29.3. The molecule has 4 atom stereocenters. The quantitative estimate of drug-likeness (QED) is 0.716. The number of nitrogens with one attached hydrogen (secondary N) is 2. The third-order valence-corrected chi connectivity index (χ3v) is 7.87. The molecule has 182 valence electrons. The average Bonchev–Trinajstić information content (AvgIpc) is 3.22. The fourth-order valence-corrected chi connectivity index (χ4v) is 6.28. The van der Waals surface area contributed by atoms with Crippen LogP contribution in [-0.2, 0) is 16.8 Å². The monoisotopic (exact) mass is 472 g/mol. The maximum atomic E-state index is 14.0. The number of carbonyl (C=O) groups is 1. The van der Waals surface area contributed by atoms with Crippen molar-refractivity contribution in [3.8, 4) is 0 Å². The second kappa shape index (κ2) is 8.96. The molecule has 2 saturated heterocycles. The summed E-state index contributed by atoms with van der Waals surface area (Å²) in [7, 11) is 0. The van der Waals surface area contributed by atoms with Crippen LogP contribution in [0.15, 0.2) is 42.5 Å². The Bertz CT molecular complexity index is 1040. The van der Waals surface area contributed by atoms with Crippen LogP contribution < -0.4 is 10.6 Å². The van der Waals surface area contributed by atoms with Gasteiger partial charge in [-0.3, -0.25) is 9.78 Å². The van der Waals surface area contributed by atoms with Gasteiger partial charge < -0.3 is 15.5 Å². The minimum Gasteiger partial charge on any atom is -0.339 e. The van der Waals surface area contributed by atoms with Crippen molar-refractivity contribution >= 4 is 5.91 Å². The van der Waals surface area contributed by atoms with E-state index < -0.39 is 30.0 Å². The number of aryl methyl sites for hydroxylation is 1. The SMILES string of the molecule is Cc1ccc2c(n1)CNC[C@]21CNC[C@H]1C(=O)N1CC[C@@H](c2ccccc2)C[C@H]1CC(F)(F)F. The van der Waals surface area contributed by atoms with Crippen LogP contribution in [0.4, 0.5) is 13.2 Å². The highest BCUT2D eigenvalue weighted by Gasteiger charge is 2.53. The molecule has 1 spiro atoms. The topological polar surface area (TPSA) is 57.3 Å². The Kier molecular flexibility index (Phi) is 6.14. The molecule has 0 aliphatic carbocycles. The second-order valence-electron chi connectivity index (χ2n) is 10.0. The number of piperidine rings is 1.